The van der Waals surface area contributed by atoms with Crippen molar-refractivity contribution >= 4 is 23.6 Å². The van der Waals surface area contributed by atoms with Crippen molar-refractivity contribution in [1.29, 1.82) is 0 Å². The lowest BCUT2D eigenvalue weighted by molar-refractivity contribution is 0.0936. The van der Waals surface area contributed by atoms with Gasteiger partial charge < -0.3 is 10.6 Å². The van der Waals surface area contributed by atoms with Gasteiger partial charge >= 0.3 is 0 Å². The Balaban J connectivity index is 1.99. The van der Waals surface area contributed by atoms with Gasteiger partial charge in [-0.15, -0.1) is 11.8 Å². The fourth-order valence-electron chi connectivity index (χ4n) is 2.29. The average molecular weight is 372 g/mol. The number of aromatic nitrogens is 1. The zero-order valence-electron chi connectivity index (χ0n) is 15.4. The molecule has 1 heterocycles. The third-order valence-electron chi connectivity index (χ3n) is 3.92. The summed E-state index contributed by atoms with van der Waals surface area (Å²) in [5.41, 5.74) is 2.07. The van der Waals surface area contributed by atoms with E-state index in [-0.39, 0.29) is 17.9 Å². The molecule has 1 aromatic carbocycles. The molecule has 0 bridgehead atoms. The molecule has 1 unspecified atom stereocenters. The van der Waals surface area contributed by atoms with E-state index in [1.807, 2.05) is 39.0 Å². The summed E-state index contributed by atoms with van der Waals surface area (Å²) in [5.74, 6) is 0.659. The Morgan fingerprint density at radius 3 is 2.62 bits per heavy atom. The molecule has 1 aromatic heterocycles. The molecule has 0 spiro atoms. The fraction of sp³-hybridized carbons (Fsp3) is 0.350. The van der Waals surface area contributed by atoms with Crippen molar-refractivity contribution in [2.45, 2.75) is 44.8 Å². The predicted molar refractivity (Wildman–Crippen MR) is 105 cm³/mol. The van der Waals surface area contributed by atoms with E-state index in [1.54, 1.807) is 36.2 Å². The zero-order valence-corrected chi connectivity index (χ0v) is 16.2. The van der Waals surface area contributed by atoms with E-state index in [4.69, 9.17) is 0 Å². The first-order valence-electron chi connectivity index (χ1n) is 8.80. The summed E-state index contributed by atoms with van der Waals surface area (Å²) in [5, 5.41) is 6.68. The Morgan fingerprint density at radius 1 is 1.12 bits per heavy atom. The van der Waals surface area contributed by atoms with Gasteiger partial charge in [0.15, 0.2) is 0 Å². The lowest BCUT2D eigenvalue weighted by Crippen LogP contribution is -2.32. The number of carbonyl (C=O) groups excluding carboxylic acids is 2. The average Bonchev–Trinajstić information content (AvgIpc) is 2.66. The van der Waals surface area contributed by atoms with Crippen LogP contribution in [-0.2, 0) is 6.54 Å². The molecule has 6 heteroatoms. The van der Waals surface area contributed by atoms with Crippen LogP contribution in [0.25, 0.3) is 0 Å². The zero-order chi connectivity index (χ0) is 18.9. The van der Waals surface area contributed by atoms with Crippen LogP contribution < -0.4 is 10.6 Å². The number of amides is 2. The Morgan fingerprint density at radius 2 is 1.88 bits per heavy atom. The monoisotopic (exact) mass is 371 g/mol. The Hall–Kier alpha value is -2.34. The van der Waals surface area contributed by atoms with Crippen molar-refractivity contribution in [3.63, 3.8) is 0 Å². The Bertz CT molecular complexity index is 764. The van der Waals surface area contributed by atoms with Crippen molar-refractivity contribution in [3.05, 3.63) is 59.3 Å². The van der Waals surface area contributed by atoms with Crippen LogP contribution in [0.2, 0.25) is 0 Å². The lowest BCUT2D eigenvalue weighted by atomic mass is 10.1. The van der Waals surface area contributed by atoms with Crippen LogP contribution in [-0.4, -0.2) is 28.6 Å². The van der Waals surface area contributed by atoms with Crippen LogP contribution in [0.4, 0.5) is 0 Å². The van der Waals surface area contributed by atoms with Gasteiger partial charge in [-0.25, -0.2) is 4.98 Å². The lowest BCUT2D eigenvalue weighted by Gasteiger charge is -2.12. The Labute approximate surface area is 159 Å². The number of pyridine rings is 1. The SMILES string of the molecule is CCSc1cc(C(=O)NCc2cccc(C(=O)NC(C)CC)c2)ccn1. The third kappa shape index (κ3) is 5.88. The number of carbonyl (C=O) groups is 2. The van der Waals surface area contributed by atoms with E-state index >= 15 is 0 Å². The summed E-state index contributed by atoms with van der Waals surface area (Å²) in [7, 11) is 0. The highest BCUT2D eigenvalue weighted by Gasteiger charge is 2.10. The molecule has 2 amide bonds. The summed E-state index contributed by atoms with van der Waals surface area (Å²) in [6, 6.07) is 10.9. The number of hydrogen-bond donors (Lipinski definition) is 2. The molecule has 0 saturated heterocycles. The van der Waals surface area contributed by atoms with E-state index < -0.39 is 0 Å². The van der Waals surface area contributed by atoms with E-state index in [2.05, 4.69) is 15.6 Å². The number of hydrogen-bond acceptors (Lipinski definition) is 4. The van der Waals surface area contributed by atoms with Gasteiger partial charge in [0.2, 0.25) is 0 Å². The van der Waals surface area contributed by atoms with Crippen LogP contribution in [0.1, 0.15) is 53.5 Å². The molecular formula is C20H25N3O2S. The van der Waals surface area contributed by atoms with E-state index in [9.17, 15) is 9.59 Å². The third-order valence-corrected chi connectivity index (χ3v) is 4.73. The molecule has 26 heavy (non-hydrogen) atoms. The molecular weight excluding hydrogens is 346 g/mol. The number of nitrogens with zero attached hydrogens (tertiary/aromatic N) is 1. The summed E-state index contributed by atoms with van der Waals surface area (Å²) in [4.78, 5) is 28.8. The first kappa shape index (κ1) is 20.0. The van der Waals surface area contributed by atoms with Gasteiger partial charge in [-0.1, -0.05) is 26.0 Å². The predicted octanol–water partition coefficient (Wildman–Crippen LogP) is 3.65. The largest absolute Gasteiger partial charge is 0.350 e. The highest BCUT2D eigenvalue weighted by Crippen LogP contribution is 2.15. The molecule has 0 radical (unpaired) electrons. The number of rotatable bonds is 8. The van der Waals surface area contributed by atoms with Crippen LogP contribution >= 0.6 is 11.8 Å². The maximum absolute atomic E-state index is 12.4. The molecule has 0 aliphatic heterocycles. The summed E-state index contributed by atoms with van der Waals surface area (Å²) < 4.78 is 0. The van der Waals surface area contributed by atoms with E-state index in [1.165, 1.54) is 0 Å². The van der Waals surface area contributed by atoms with Gasteiger partial charge in [-0.3, -0.25) is 9.59 Å². The maximum atomic E-state index is 12.4. The molecule has 1 atom stereocenters. The summed E-state index contributed by atoms with van der Waals surface area (Å²) in [6.07, 6.45) is 2.53. The maximum Gasteiger partial charge on any atom is 0.251 e. The van der Waals surface area contributed by atoms with Gasteiger partial charge in [0.05, 0.1) is 5.03 Å². The highest BCUT2D eigenvalue weighted by atomic mass is 32.2. The van der Waals surface area contributed by atoms with E-state index in [0.29, 0.717) is 17.7 Å². The standard InChI is InChI=1S/C20H25N3O2S/c1-4-14(3)23-20(25)16-8-6-7-15(11-16)13-22-19(24)17-9-10-21-18(12-17)26-5-2/h6-12,14H,4-5,13H2,1-3H3,(H,22,24)(H,23,25). The molecule has 138 valence electrons. The molecule has 2 aromatic rings. The second-order valence-electron chi connectivity index (χ2n) is 5.98. The van der Waals surface area contributed by atoms with Crippen LogP contribution in [0.15, 0.2) is 47.6 Å². The first-order valence-corrected chi connectivity index (χ1v) is 9.78. The van der Waals surface area contributed by atoms with E-state index in [0.717, 1.165) is 22.8 Å². The number of nitrogens with one attached hydrogen (secondary N) is 2. The van der Waals surface area contributed by atoms with Crippen LogP contribution in [0.5, 0.6) is 0 Å². The molecule has 5 nitrogen and oxygen atoms in total. The van der Waals surface area contributed by atoms with Gasteiger partial charge in [0.25, 0.3) is 11.8 Å². The fourth-order valence-corrected chi connectivity index (χ4v) is 2.94. The molecule has 2 rings (SSSR count). The van der Waals surface area contributed by atoms with Gasteiger partial charge in [-0.2, -0.15) is 0 Å². The normalized spacial score (nSPS) is 11.7. The smallest absolute Gasteiger partial charge is 0.251 e. The number of thioether (sulfide) groups is 1. The number of benzene rings is 1. The van der Waals surface area contributed by atoms with Crippen molar-refractivity contribution in [2.75, 3.05) is 5.75 Å². The minimum absolute atomic E-state index is 0.0945. The molecule has 2 N–H and O–H groups in total. The van der Waals surface area contributed by atoms with Gasteiger partial charge in [0.1, 0.15) is 0 Å². The molecule has 0 aliphatic carbocycles. The molecule has 0 saturated carbocycles. The minimum atomic E-state index is -0.153. The molecule has 0 fully saturated rings. The van der Waals surface area contributed by atoms with Crippen molar-refractivity contribution < 1.29 is 9.59 Å². The van der Waals surface area contributed by atoms with Crippen LogP contribution in [0, 0.1) is 0 Å². The topological polar surface area (TPSA) is 71.1 Å². The first-order chi connectivity index (χ1) is 12.5. The second-order valence-corrected chi connectivity index (χ2v) is 7.27. The van der Waals surface area contributed by atoms with Gasteiger partial charge in [-0.05, 0) is 48.9 Å². The van der Waals surface area contributed by atoms with Crippen molar-refractivity contribution in [1.82, 2.24) is 15.6 Å². The highest BCUT2D eigenvalue weighted by molar-refractivity contribution is 7.99. The van der Waals surface area contributed by atoms with Gasteiger partial charge in [0, 0.05) is 29.9 Å². The summed E-state index contributed by atoms with van der Waals surface area (Å²) >= 11 is 1.60. The van der Waals surface area contributed by atoms with Crippen molar-refractivity contribution in [3.8, 4) is 0 Å². The Kier molecular flexibility index (Phi) is 7.66. The minimum Gasteiger partial charge on any atom is -0.350 e. The van der Waals surface area contributed by atoms with Crippen LogP contribution in [0.3, 0.4) is 0 Å². The molecule has 0 aliphatic rings. The quantitative estimate of drug-likeness (QED) is 0.695. The van der Waals surface area contributed by atoms with Crippen molar-refractivity contribution in [2.24, 2.45) is 0 Å². The second kappa shape index (κ2) is 9.97. The summed E-state index contributed by atoms with van der Waals surface area (Å²) in [6.45, 7) is 6.41.